The van der Waals surface area contributed by atoms with E-state index in [0.717, 1.165) is 0 Å². The molecule has 0 radical (unpaired) electrons. The van der Waals surface area contributed by atoms with Crippen LogP contribution in [-0.4, -0.2) is 16.3 Å². The number of nitriles is 1. The van der Waals surface area contributed by atoms with Crippen LogP contribution < -0.4 is 0 Å². The molecular weight excluding hydrogens is 202 g/mol. The molecule has 2 rings (SSSR count). The van der Waals surface area contributed by atoms with E-state index in [0.29, 0.717) is 27.9 Å². The van der Waals surface area contributed by atoms with Crippen LogP contribution in [0.25, 0.3) is 11.0 Å². The Balaban J connectivity index is 2.91. The molecule has 0 aliphatic carbocycles. The third-order valence-electron chi connectivity index (χ3n) is 1.86. The standard InChI is InChI=1S/C9H4ClN3O/c10-7-3-12-8-5(4-14)1-6(2-11)13-9(7)8/h1,3-4,12H. The minimum absolute atomic E-state index is 0.182. The quantitative estimate of drug-likeness (QED) is 0.723. The van der Waals surface area contributed by atoms with Crippen molar-refractivity contribution in [2.45, 2.75) is 0 Å². The van der Waals surface area contributed by atoms with Gasteiger partial charge in [-0.15, -0.1) is 0 Å². The van der Waals surface area contributed by atoms with Crippen molar-refractivity contribution < 1.29 is 4.79 Å². The Labute approximate surface area is 84.1 Å². The number of nitrogens with one attached hydrogen (secondary N) is 1. The average molecular weight is 206 g/mol. The van der Waals surface area contributed by atoms with E-state index in [9.17, 15) is 4.79 Å². The molecule has 0 bridgehead atoms. The summed E-state index contributed by atoms with van der Waals surface area (Å²) in [5.41, 5.74) is 1.58. The lowest BCUT2D eigenvalue weighted by atomic mass is 10.2. The second kappa shape index (κ2) is 3.13. The summed E-state index contributed by atoms with van der Waals surface area (Å²) in [5.74, 6) is 0. The van der Waals surface area contributed by atoms with Gasteiger partial charge in [-0.05, 0) is 6.07 Å². The first-order chi connectivity index (χ1) is 6.76. The molecule has 0 atom stereocenters. The van der Waals surface area contributed by atoms with Gasteiger partial charge >= 0.3 is 0 Å². The number of halogens is 1. The molecule has 0 aliphatic rings. The van der Waals surface area contributed by atoms with Gasteiger partial charge < -0.3 is 4.98 Å². The lowest BCUT2D eigenvalue weighted by Gasteiger charge is -1.95. The molecule has 2 heterocycles. The van der Waals surface area contributed by atoms with Crippen LogP contribution in [0.15, 0.2) is 12.3 Å². The minimum atomic E-state index is 0.182. The lowest BCUT2D eigenvalue weighted by molar-refractivity contribution is 0.112. The molecular formula is C9H4ClN3O. The molecule has 4 nitrogen and oxygen atoms in total. The summed E-state index contributed by atoms with van der Waals surface area (Å²) >= 11 is 5.81. The fourth-order valence-electron chi connectivity index (χ4n) is 1.24. The molecule has 0 spiro atoms. The average Bonchev–Trinajstić information content (AvgIpc) is 2.59. The van der Waals surface area contributed by atoms with Crippen LogP contribution >= 0.6 is 11.6 Å². The molecule has 2 aromatic rings. The molecule has 14 heavy (non-hydrogen) atoms. The van der Waals surface area contributed by atoms with E-state index >= 15 is 0 Å². The fourth-order valence-corrected chi connectivity index (χ4v) is 1.43. The smallest absolute Gasteiger partial charge is 0.152 e. The van der Waals surface area contributed by atoms with Gasteiger partial charge in [0.1, 0.15) is 17.3 Å². The first-order valence-electron chi connectivity index (χ1n) is 3.79. The normalized spacial score (nSPS) is 10.0. The summed E-state index contributed by atoms with van der Waals surface area (Å²) in [7, 11) is 0. The molecule has 1 N–H and O–H groups in total. The Morgan fingerprint density at radius 1 is 1.64 bits per heavy atom. The third kappa shape index (κ3) is 1.15. The van der Waals surface area contributed by atoms with Crippen LogP contribution in [0.1, 0.15) is 16.1 Å². The monoisotopic (exact) mass is 205 g/mol. The van der Waals surface area contributed by atoms with Crippen molar-refractivity contribution >= 4 is 28.9 Å². The first kappa shape index (κ1) is 8.73. The van der Waals surface area contributed by atoms with Gasteiger partial charge in [-0.2, -0.15) is 5.26 Å². The number of rotatable bonds is 1. The van der Waals surface area contributed by atoms with E-state index in [1.165, 1.54) is 12.3 Å². The van der Waals surface area contributed by atoms with Crippen molar-refractivity contribution in [3.05, 3.63) is 28.5 Å². The maximum atomic E-state index is 10.7. The van der Waals surface area contributed by atoms with Crippen molar-refractivity contribution in [2.75, 3.05) is 0 Å². The van der Waals surface area contributed by atoms with Crippen molar-refractivity contribution in [1.29, 1.82) is 5.26 Å². The zero-order valence-corrected chi connectivity index (χ0v) is 7.67. The molecule has 0 amide bonds. The number of aromatic nitrogens is 2. The highest BCUT2D eigenvalue weighted by Gasteiger charge is 2.09. The first-order valence-corrected chi connectivity index (χ1v) is 4.17. The Kier molecular flexibility index (Phi) is 1.95. The largest absolute Gasteiger partial charge is 0.358 e. The van der Waals surface area contributed by atoms with E-state index < -0.39 is 0 Å². The fraction of sp³-hybridized carbons (Fsp3) is 0. The highest BCUT2D eigenvalue weighted by molar-refractivity contribution is 6.35. The highest BCUT2D eigenvalue weighted by Crippen LogP contribution is 2.23. The SMILES string of the molecule is N#Cc1cc(C=O)c2[nH]cc(Cl)c2n1. The predicted molar refractivity (Wildman–Crippen MR) is 51.2 cm³/mol. The minimum Gasteiger partial charge on any atom is -0.358 e. The summed E-state index contributed by atoms with van der Waals surface area (Å²) in [6.45, 7) is 0. The van der Waals surface area contributed by atoms with Crippen LogP contribution in [0.4, 0.5) is 0 Å². The Morgan fingerprint density at radius 2 is 2.43 bits per heavy atom. The second-order valence-corrected chi connectivity index (χ2v) is 3.09. The van der Waals surface area contributed by atoms with Gasteiger partial charge in [-0.3, -0.25) is 4.79 Å². The van der Waals surface area contributed by atoms with Crippen molar-refractivity contribution in [3.8, 4) is 6.07 Å². The summed E-state index contributed by atoms with van der Waals surface area (Å²) in [6, 6.07) is 3.29. The summed E-state index contributed by atoms with van der Waals surface area (Å²) < 4.78 is 0. The van der Waals surface area contributed by atoms with Gasteiger partial charge in [0.2, 0.25) is 0 Å². The van der Waals surface area contributed by atoms with Gasteiger partial charge in [0.25, 0.3) is 0 Å². The van der Waals surface area contributed by atoms with E-state index in [-0.39, 0.29) is 5.69 Å². The maximum absolute atomic E-state index is 10.7. The lowest BCUT2D eigenvalue weighted by Crippen LogP contribution is -1.89. The number of pyridine rings is 1. The maximum Gasteiger partial charge on any atom is 0.152 e. The summed E-state index contributed by atoms with van der Waals surface area (Å²) in [4.78, 5) is 17.5. The molecule has 0 aromatic carbocycles. The van der Waals surface area contributed by atoms with Gasteiger partial charge in [-0.1, -0.05) is 11.6 Å². The van der Waals surface area contributed by atoms with E-state index in [2.05, 4.69) is 9.97 Å². The van der Waals surface area contributed by atoms with E-state index in [1.54, 1.807) is 0 Å². The molecule has 2 aromatic heterocycles. The molecule has 0 saturated carbocycles. The second-order valence-electron chi connectivity index (χ2n) is 2.69. The zero-order chi connectivity index (χ0) is 10.1. The molecule has 0 unspecified atom stereocenters. The van der Waals surface area contributed by atoms with E-state index in [1.807, 2.05) is 6.07 Å². The Bertz CT molecular complexity index is 553. The topological polar surface area (TPSA) is 69.5 Å². The van der Waals surface area contributed by atoms with Gasteiger partial charge in [0.05, 0.1) is 10.5 Å². The van der Waals surface area contributed by atoms with Gasteiger partial charge in [-0.25, -0.2) is 4.98 Å². The van der Waals surface area contributed by atoms with Crippen LogP contribution in [-0.2, 0) is 0 Å². The summed E-state index contributed by atoms with van der Waals surface area (Å²) in [6.07, 6.45) is 2.20. The zero-order valence-electron chi connectivity index (χ0n) is 6.91. The van der Waals surface area contributed by atoms with Crippen LogP contribution in [0.5, 0.6) is 0 Å². The Hall–Kier alpha value is -1.86. The van der Waals surface area contributed by atoms with E-state index in [4.69, 9.17) is 16.9 Å². The number of hydrogen-bond donors (Lipinski definition) is 1. The van der Waals surface area contributed by atoms with Gasteiger partial charge in [0.15, 0.2) is 6.29 Å². The molecule has 0 saturated heterocycles. The molecule has 0 fully saturated rings. The number of fused-ring (bicyclic) bond motifs is 1. The summed E-state index contributed by atoms with van der Waals surface area (Å²) in [5, 5.41) is 9.07. The van der Waals surface area contributed by atoms with Crippen molar-refractivity contribution in [3.63, 3.8) is 0 Å². The highest BCUT2D eigenvalue weighted by atomic mass is 35.5. The third-order valence-corrected chi connectivity index (χ3v) is 2.15. The van der Waals surface area contributed by atoms with Crippen LogP contribution in [0.3, 0.4) is 0 Å². The van der Waals surface area contributed by atoms with Crippen LogP contribution in [0.2, 0.25) is 5.02 Å². The number of hydrogen-bond acceptors (Lipinski definition) is 3. The van der Waals surface area contributed by atoms with Crippen molar-refractivity contribution in [2.24, 2.45) is 0 Å². The Morgan fingerprint density at radius 3 is 3.07 bits per heavy atom. The predicted octanol–water partition coefficient (Wildman–Crippen LogP) is 1.90. The number of aldehydes is 1. The van der Waals surface area contributed by atoms with Crippen LogP contribution in [0, 0.1) is 11.3 Å². The van der Waals surface area contributed by atoms with Gasteiger partial charge in [0, 0.05) is 11.8 Å². The number of carbonyl (C=O) groups excluding carboxylic acids is 1. The number of aromatic amines is 1. The number of nitrogens with zero attached hydrogens (tertiary/aromatic N) is 2. The molecule has 5 heteroatoms. The number of H-pyrrole nitrogens is 1. The number of carbonyl (C=O) groups is 1. The molecule has 68 valence electrons. The molecule has 0 aliphatic heterocycles. The van der Waals surface area contributed by atoms with Crippen molar-refractivity contribution in [1.82, 2.24) is 9.97 Å².